The van der Waals surface area contributed by atoms with E-state index in [0.29, 0.717) is 10.8 Å². The maximum atomic E-state index is 6.92. The first-order chi connectivity index (χ1) is 10.8. The summed E-state index contributed by atoms with van der Waals surface area (Å²) < 4.78 is 6.92. The first-order valence-electron chi connectivity index (χ1n) is 9.58. The van der Waals surface area contributed by atoms with Gasteiger partial charge in [-0.2, -0.15) is 0 Å². The van der Waals surface area contributed by atoms with Crippen LogP contribution in [0.25, 0.3) is 0 Å². The van der Waals surface area contributed by atoms with Crippen molar-refractivity contribution in [2.24, 2.45) is 22.7 Å². The third kappa shape index (κ3) is 2.42. The molecule has 0 aliphatic heterocycles. The number of fused-ring (bicyclic) bond motifs is 4. The number of ether oxygens (including phenoxy) is 1. The normalized spacial score (nSPS) is 41.4. The summed E-state index contributed by atoms with van der Waals surface area (Å²) in [7, 11) is 0. The van der Waals surface area contributed by atoms with Gasteiger partial charge in [0.2, 0.25) is 0 Å². The molecule has 1 aromatic rings. The lowest BCUT2D eigenvalue weighted by molar-refractivity contribution is -0.146. The van der Waals surface area contributed by atoms with E-state index >= 15 is 0 Å². The van der Waals surface area contributed by atoms with Crippen LogP contribution in [0.2, 0.25) is 0 Å². The summed E-state index contributed by atoms with van der Waals surface area (Å²) in [5.41, 5.74) is 2.39. The monoisotopic (exact) mass is 312 g/mol. The molecule has 3 fully saturated rings. The lowest BCUT2D eigenvalue weighted by Crippen LogP contribution is -2.59. The molecule has 0 spiro atoms. The van der Waals surface area contributed by atoms with Gasteiger partial charge in [-0.25, -0.2) is 0 Å². The number of hydrogen-bond acceptors (Lipinski definition) is 1. The molecule has 1 aromatic carbocycles. The molecule has 3 aliphatic carbocycles. The molecule has 0 saturated heterocycles. The van der Waals surface area contributed by atoms with Crippen molar-refractivity contribution in [1.29, 1.82) is 0 Å². The molecule has 0 heterocycles. The zero-order chi connectivity index (χ0) is 16.3. The lowest BCUT2D eigenvalue weighted by Gasteiger charge is -2.59. The third-order valence-corrected chi connectivity index (χ3v) is 7.48. The summed E-state index contributed by atoms with van der Waals surface area (Å²) in [5.74, 6) is 2.74. The van der Waals surface area contributed by atoms with Crippen LogP contribution in [-0.4, -0.2) is 5.60 Å². The van der Waals surface area contributed by atoms with Gasteiger partial charge in [0.1, 0.15) is 11.4 Å². The highest BCUT2D eigenvalue weighted by Crippen LogP contribution is 2.65. The molecule has 1 nitrogen and oxygen atoms in total. The summed E-state index contributed by atoms with van der Waals surface area (Å²) in [6.45, 7) is 9.67. The van der Waals surface area contributed by atoms with Crippen molar-refractivity contribution in [3.05, 3.63) is 29.8 Å². The van der Waals surface area contributed by atoms with Crippen LogP contribution in [0, 0.1) is 29.6 Å². The van der Waals surface area contributed by atoms with E-state index in [-0.39, 0.29) is 5.60 Å². The molecular weight excluding hydrogens is 280 g/mol. The van der Waals surface area contributed by atoms with Crippen LogP contribution in [-0.2, 0) is 0 Å². The summed E-state index contributed by atoms with van der Waals surface area (Å²) in [5, 5.41) is 0. The van der Waals surface area contributed by atoms with E-state index in [1.54, 1.807) is 0 Å². The summed E-state index contributed by atoms with van der Waals surface area (Å²) in [6, 6.07) is 8.61. The summed E-state index contributed by atoms with van der Waals surface area (Å²) in [6.07, 6.45) is 9.42. The summed E-state index contributed by atoms with van der Waals surface area (Å²) in [4.78, 5) is 0. The van der Waals surface area contributed by atoms with E-state index < -0.39 is 0 Å². The predicted molar refractivity (Wildman–Crippen MR) is 95.7 cm³/mol. The largest absolute Gasteiger partial charge is 0.487 e. The fourth-order valence-electron chi connectivity index (χ4n) is 6.19. The van der Waals surface area contributed by atoms with E-state index in [4.69, 9.17) is 4.74 Å². The fraction of sp³-hybridized carbons (Fsp3) is 0.727. The Labute approximate surface area is 141 Å². The zero-order valence-corrected chi connectivity index (χ0v) is 15.3. The van der Waals surface area contributed by atoms with Crippen molar-refractivity contribution >= 4 is 0 Å². The van der Waals surface area contributed by atoms with E-state index in [0.717, 1.165) is 17.6 Å². The maximum Gasteiger partial charge on any atom is 0.123 e. The number of hydrogen-bond donors (Lipinski definition) is 0. The highest BCUT2D eigenvalue weighted by atomic mass is 16.5. The van der Waals surface area contributed by atoms with Crippen LogP contribution in [0.5, 0.6) is 5.75 Å². The second-order valence-electron chi connectivity index (χ2n) is 9.72. The number of para-hydroxylation sites is 1. The fourth-order valence-corrected chi connectivity index (χ4v) is 6.19. The minimum absolute atomic E-state index is 0.0931. The number of benzene rings is 1. The van der Waals surface area contributed by atoms with Crippen molar-refractivity contribution < 1.29 is 4.74 Å². The highest BCUT2D eigenvalue weighted by Gasteiger charge is 2.62. The van der Waals surface area contributed by atoms with Crippen LogP contribution < -0.4 is 4.74 Å². The second-order valence-corrected chi connectivity index (χ2v) is 9.72. The SMILES string of the molecule is Cc1ccccc1OC12CCCC(C)(CCC3C1CC3(C)C)C2. The van der Waals surface area contributed by atoms with Gasteiger partial charge >= 0.3 is 0 Å². The number of rotatable bonds is 2. The molecule has 3 aliphatic rings. The van der Waals surface area contributed by atoms with E-state index in [9.17, 15) is 0 Å². The minimum atomic E-state index is 0.0931. The Balaban J connectivity index is 1.72. The van der Waals surface area contributed by atoms with E-state index in [1.165, 1.54) is 50.5 Å². The van der Waals surface area contributed by atoms with Crippen LogP contribution in [0.1, 0.15) is 71.3 Å². The molecule has 0 amide bonds. The average molecular weight is 312 g/mol. The van der Waals surface area contributed by atoms with Crippen molar-refractivity contribution in [2.75, 3.05) is 0 Å². The smallest absolute Gasteiger partial charge is 0.123 e. The van der Waals surface area contributed by atoms with Gasteiger partial charge in [0.15, 0.2) is 0 Å². The molecule has 126 valence electrons. The Morgan fingerprint density at radius 1 is 1.00 bits per heavy atom. The van der Waals surface area contributed by atoms with Crippen molar-refractivity contribution in [3.63, 3.8) is 0 Å². The Bertz CT molecular complexity index is 604. The van der Waals surface area contributed by atoms with Crippen LogP contribution >= 0.6 is 0 Å². The van der Waals surface area contributed by atoms with Gasteiger partial charge in [-0.1, -0.05) is 39.0 Å². The molecule has 0 N–H and O–H groups in total. The van der Waals surface area contributed by atoms with Crippen molar-refractivity contribution in [3.8, 4) is 5.75 Å². The third-order valence-electron chi connectivity index (χ3n) is 7.48. The molecular formula is C22H32O. The maximum absolute atomic E-state index is 6.92. The van der Waals surface area contributed by atoms with Crippen molar-refractivity contribution in [2.45, 2.75) is 78.2 Å². The lowest BCUT2D eigenvalue weighted by atomic mass is 9.49. The molecule has 4 rings (SSSR count). The van der Waals surface area contributed by atoms with Gasteiger partial charge in [0.25, 0.3) is 0 Å². The summed E-state index contributed by atoms with van der Waals surface area (Å²) >= 11 is 0. The van der Waals surface area contributed by atoms with Gasteiger partial charge in [0.05, 0.1) is 0 Å². The standard InChI is InChI=1S/C22H32O/c1-16-8-5-6-9-19(16)23-22-12-7-11-21(4,15-22)13-10-17-18(22)14-20(17,2)3/h5-6,8-9,17-18H,7,10-15H2,1-4H3. The first kappa shape index (κ1) is 15.5. The van der Waals surface area contributed by atoms with Gasteiger partial charge in [-0.05, 0) is 80.2 Å². The second kappa shape index (κ2) is 5.01. The Morgan fingerprint density at radius 3 is 2.52 bits per heavy atom. The topological polar surface area (TPSA) is 9.23 Å². The first-order valence-corrected chi connectivity index (χ1v) is 9.58. The Hall–Kier alpha value is -0.980. The average Bonchev–Trinajstić information content (AvgIpc) is 2.53. The highest BCUT2D eigenvalue weighted by molar-refractivity contribution is 5.33. The van der Waals surface area contributed by atoms with E-state index in [1.807, 2.05) is 0 Å². The molecule has 23 heavy (non-hydrogen) atoms. The van der Waals surface area contributed by atoms with Crippen LogP contribution in [0.3, 0.4) is 0 Å². The van der Waals surface area contributed by atoms with Gasteiger partial charge in [0, 0.05) is 5.92 Å². The van der Waals surface area contributed by atoms with Crippen molar-refractivity contribution in [1.82, 2.24) is 0 Å². The molecule has 0 radical (unpaired) electrons. The van der Waals surface area contributed by atoms with Crippen LogP contribution in [0.15, 0.2) is 24.3 Å². The molecule has 2 bridgehead atoms. The Morgan fingerprint density at radius 2 is 1.78 bits per heavy atom. The Kier molecular flexibility index (Phi) is 3.38. The molecule has 4 unspecified atom stereocenters. The quantitative estimate of drug-likeness (QED) is 0.636. The van der Waals surface area contributed by atoms with E-state index in [2.05, 4.69) is 52.0 Å². The molecule has 1 heteroatoms. The minimum Gasteiger partial charge on any atom is -0.487 e. The van der Waals surface area contributed by atoms with Crippen LogP contribution in [0.4, 0.5) is 0 Å². The van der Waals surface area contributed by atoms with Gasteiger partial charge in [-0.15, -0.1) is 0 Å². The zero-order valence-electron chi connectivity index (χ0n) is 15.3. The molecule has 0 aromatic heterocycles. The van der Waals surface area contributed by atoms with Gasteiger partial charge < -0.3 is 4.74 Å². The predicted octanol–water partition coefficient (Wildman–Crippen LogP) is 6.15. The van der Waals surface area contributed by atoms with Gasteiger partial charge in [-0.3, -0.25) is 0 Å². The molecule has 4 atom stereocenters. The molecule has 3 saturated carbocycles. The number of aryl methyl sites for hydroxylation is 1.